The van der Waals surface area contributed by atoms with Gasteiger partial charge < -0.3 is 9.64 Å². The largest absolute Gasteiger partial charge is 0.426 e. The Morgan fingerprint density at radius 3 is 2.23 bits per heavy atom. The number of anilines is 2. The highest BCUT2D eigenvalue weighted by atomic mass is 16.5. The highest BCUT2D eigenvalue weighted by Gasteiger charge is 2.61. The third-order valence-corrected chi connectivity index (χ3v) is 8.42. The van der Waals surface area contributed by atoms with Gasteiger partial charge in [0.25, 0.3) is 0 Å². The molecule has 180 valence electrons. The molecule has 7 nitrogen and oxygen atoms in total. The fraction of sp³-hybridized carbons (Fsp3) is 0.429. The number of fused-ring (bicyclic) bond motifs is 5. The summed E-state index contributed by atoms with van der Waals surface area (Å²) in [6.45, 7) is 4.03. The minimum absolute atomic E-state index is 0.0826. The zero-order chi connectivity index (χ0) is 24.4. The number of carbonyl (C=O) groups is 4. The number of rotatable bonds is 4. The highest BCUT2D eigenvalue weighted by Crippen LogP contribution is 2.56. The summed E-state index contributed by atoms with van der Waals surface area (Å²) in [7, 11) is 0. The summed E-state index contributed by atoms with van der Waals surface area (Å²) >= 11 is 0. The van der Waals surface area contributed by atoms with E-state index in [9.17, 15) is 19.2 Å². The standard InChI is InChI=1S/C28H28N2O5/c1-15-5-3-4-6-21(15)29-14-19(13-23(29)31)28(34)35-20-9-10-22(16(2)11-20)30-26(32)24-17-7-8-18(12-17)25(24)27(30)33/h3-6,9-11,17-19,24-25H,7-8,12-14H2,1-2H3/t17-,18-,19-,24-,25+/m0/s1. The number of imide groups is 1. The Bertz CT molecular complexity index is 1240. The van der Waals surface area contributed by atoms with Crippen molar-refractivity contribution in [2.24, 2.45) is 29.6 Å². The first kappa shape index (κ1) is 22.0. The molecule has 0 aromatic heterocycles. The molecule has 2 saturated carbocycles. The molecule has 2 aromatic rings. The predicted molar refractivity (Wildman–Crippen MR) is 129 cm³/mol. The van der Waals surface area contributed by atoms with Crippen molar-refractivity contribution < 1.29 is 23.9 Å². The maximum atomic E-state index is 13.2. The monoisotopic (exact) mass is 472 g/mol. The third-order valence-electron chi connectivity index (χ3n) is 8.42. The van der Waals surface area contributed by atoms with E-state index in [1.807, 2.05) is 38.1 Å². The van der Waals surface area contributed by atoms with Crippen LogP contribution in [0, 0.1) is 43.4 Å². The second-order valence-electron chi connectivity index (χ2n) is 10.5. The van der Waals surface area contributed by atoms with Crippen molar-refractivity contribution in [3.63, 3.8) is 0 Å². The van der Waals surface area contributed by atoms with Gasteiger partial charge in [0.1, 0.15) is 5.75 Å². The molecule has 2 bridgehead atoms. The normalized spacial score (nSPS) is 29.3. The van der Waals surface area contributed by atoms with E-state index in [1.54, 1.807) is 23.1 Å². The molecule has 4 aliphatic rings. The van der Waals surface area contributed by atoms with Crippen molar-refractivity contribution in [3.8, 4) is 5.75 Å². The van der Waals surface area contributed by atoms with Crippen LogP contribution in [-0.4, -0.2) is 30.2 Å². The van der Waals surface area contributed by atoms with Gasteiger partial charge in [-0.1, -0.05) is 18.2 Å². The number of hydrogen-bond acceptors (Lipinski definition) is 5. The molecule has 2 aliphatic heterocycles. The first-order chi connectivity index (χ1) is 16.8. The molecule has 2 aliphatic carbocycles. The second-order valence-corrected chi connectivity index (χ2v) is 10.5. The lowest BCUT2D eigenvalue weighted by atomic mass is 9.81. The lowest BCUT2D eigenvalue weighted by molar-refractivity contribution is -0.139. The molecule has 0 N–H and O–H groups in total. The minimum Gasteiger partial charge on any atom is -0.426 e. The average Bonchev–Trinajstić information content (AvgIpc) is 3.59. The molecule has 2 heterocycles. The lowest BCUT2D eigenvalue weighted by Gasteiger charge is -2.20. The summed E-state index contributed by atoms with van der Waals surface area (Å²) in [4.78, 5) is 54.8. The number of amides is 3. The fourth-order valence-corrected chi connectivity index (χ4v) is 6.75. The maximum absolute atomic E-state index is 13.2. The molecule has 0 unspecified atom stereocenters. The first-order valence-corrected chi connectivity index (χ1v) is 12.4. The smallest absolute Gasteiger partial charge is 0.316 e. The molecular formula is C28H28N2O5. The number of carbonyl (C=O) groups excluding carboxylic acids is 4. The molecular weight excluding hydrogens is 444 g/mol. The minimum atomic E-state index is -0.557. The molecule has 35 heavy (non-hydrogen) atoms. The summed E-state index contributed by atoms with van der Waals surface area (Å²) in [5.41, 5.74) is 3.05. The second kappa shape index (κ2) is 8.04. The van der Waals surface area contributed by atoms with E-state index in [0.717, 1.165) is 30.5 Å². The van der Waals surface area contributed by atoms with Gasteiger partial charge in [0, 0.05) is 18.7 Å². The van der Waals surface area contributed by atoms with Crippen LogP contribution in [0.3, 0.4) is 0 Å². The maximum Gasteiger partial charge on any atom is 0.316 e. The summed E-state index contributed by atoms with van der Waals surface area (Å²) in [6.07, 6.45) is 3.18. The van der Waals surface area contributed by atoms with Crippen molar-refractivity contribution in [2.45, 2.75) is 39.5 Å². The molecule has 2 aromatic carbocycles. The average molecular weight is 473 g/mol. The van der Waals surface area contributed by atoms with Crippen molar-refractivity contribution in [3.05, 3.63) is 53.6 Å². The Labute approximate surface area is 204 Å². The zero-order valence-corrected chi connectivity index (χ0v) is 19.9. The number of nitrogens with zero attached hydrogens (tertiary/aromatic N) is 2. The van der Waals surface area contributed by atoms with Gasteiger partial charge in [0.05, 0.1) is 23.4 Å². The van der Waals surface area contributed by atoms with Gasteiger partial charge in [0.2, 0.25) is 17.7 Å². The highest BCUT2D eigenvalue weighted by molar-refractivity contribution is 6.23. The number of ether oxygens (including phenoxy) is 1. The Hall–Kier alpha value is -3.48. The molecule has 3 amide bonds. The van der Waals surface area contributed by atoms with Crippen LogP contribution in [0.5, 0.6) is 5.75 Å². The van der Waals surface area contributed by atoms with Crippen molar-refractivity contribution >= 4 is 35.1 Å². The van der Waals surface area contributed by atoms with E-state index in [0.29, 0.717) is 28.8 Å². The van der Waals surface area contributed by atoms with Crippen LogP contribution in [0.4, 0.5) is 11.4 Å². The topological polar surface area (TPSA) is 84.0 Å². The molecule has 0 radical (unpaired) electrons. The van der Waals surface area contributed by atoms with Crippen LogP contribution < -0.4 is 14.5 Å². The van der Waals surface area contributed by atoms with E-state index >= 15 is 0 Å². The quantitative estimate of drug-likeness (QED) is 0.384. The Balaban J connectivity index is 1.16. The summed E-state index contributed by atoms with van der Waals surface area (Å²) in [5.74, 6) is -0.610. The molecule has 6 rings (SSSR count). The van der Waals surface area contributed by atoms with E-state index in [4.69, 9.17) is 4.74 Å². The summed E-state index contributed by atoms with van der Waals surface area (Å²) < 4.78 is 5.63. The van der Waals surface area contributed by atoms with Crippen molar-refractivity contribution in [1.82, 2.24) is 0 Å². The summed E-state index contributed by atoms with van der Waals surface area (Å²) in [5, 5.41) is 0. The van der Waals surface area contributed by atoms with Gasteiger partial charge in [-0.3, -0.25) is 19.2 Å². The van der Waals surface area contributed by atoms with Crippen LogP contribution in [0.15, 0.2) is 42.5 Å². The number of hydrogen-bond donors (Lipinski definition) is 0. The van der Waals surface area contributed by atoms with Crippen LogP contribution >= 0.6 is 0 Å². The van der Waals surface area contributed by atoms with E-state index in [2.05, 4.69) is 0 Å². The number of esters is 1. The third kappa shape index (κ3) is 3.39. The zero-order valence-electron chi connectivity index (χ0n) is 19.9. The number of aryl methyl sites for hydroxylation is 2. The Kier molecular flexibility index (Phi) is 5.06. The van der Waals surface area contributed by atoms with Crippen molar-refractivity contribution in [1.29, 1.82) is 0 Å². The van der Waals surface area contributed by atoms with Gasteiger partial charge in [-0.15, -0.1) is 0 Å². The Morgan fingerprint density at radius 1 is 0.886 bits per heavy atom. The van der Waals surface area contributed by atoms with Gasteiger partial charge >= 0.3 is 5.97 Å². The SMILES string of the molecule is Cc1ccccc1N1C[C@@H](C(=O)Oc2ccc(N3C(=O)[C@@H]4[C@H]5CC[C@@H](C5)[C@@H]4C3=O)c(C)c2)CC1=O. The van der Waals surface area contributed by atoms with Gasteiger partial charge in [-0.25, -0.2) is 4.90 Å². The van der Waals surface area contributed by atoms with Gasteiger partial charge in [-0.2, -0.15) is 0 Å². The lowest BCUT2D eigenvalue weighted by Crippen LogP contribution is -2.33. The van der Waals surface area contributed by atoms with Gasteiger partial charge in [0.15, 0.2) is 0 Å². The summed E-state index contributed by atoms with van der Waals surface area (Å²) in [6, 6.07) is 12.6. The van der Waals surface area contributed by atoms with Crippen LogP contribution in [0.25, 0.3) is 0 Å². The Morgan fingerprint density at radius 2 is 1.57 bits per heavy atom. The van der Waals surface area contributed by atoms with E-state index in [-0.39, 0.29) is 42.5 Å². The van der Waals surface area contributed by atoms with Gasteiger partial charge in [-0.05, 0) is 80.3 Å². The first-order valence-electron chi connectivity index (χ1n) is 12.4. The number of para-hydroxylation sites is 1. The molecule has 7 heteroatoms. The van der Waals surface area contributed by atoms with Crippen LogP contribution in [0.1, 0.15) is 36.8 Å². The fourth-order valence-electron chi connectivity index (χ4n) is 6.75. The predicted octanol–water partition coefficient (Wildman–Crippen LogP) is 3.80. The van der Waals surface area contributed by atoms with E-state index in [1.165, 1.54) is 4.90 Å². The van der Waals surface area contributed by atoms with E-state index < -0.39 is 11.9 Å². The molecule has 4 fully saturated rings. The van der Waals surface area contributed by atoms with Crippen molar-refractivity contribution in [2.75, 3.05) is 16.3 Å². The van der Waals surface area contributed by atoms with Crippen LogP contribution in [0.2, 0.25) is 0 Å². The molecule has 5 atom stereocenters. The number of benzene rings is 2. The molecule has 2 saturated heterocycles. The molecule has 0 spiro atoms. The van der Waals surface area contributed by atoms with Crippen LogP contribution in [-0.2, 0) is 19.2 Å².